The molecule has 0 heterocycles. The summed E-state index contributed by atoms with van der Waals surface area (Å²) in [5.41, 5.74) is 0.779. The van der Waals surface area contributed by atoms with E-state index in [1.807, 2.05) is 0 Å². The molecule has 0 bridgehead atoms. The predicted molar refractivity (Wildman–Crippen MR) is 87.9 cm³/mol. The largest absolute Gasteiger partial charge is 0.463 e. The number of alkyl halides is 1. The summed E-state index contributed by atoms with van der Waals surface area (Å²) in [5, 5.41) is 3.38. The molecule has 8 heteroatoms. The summed E-state index contributed by atoms with van der Waals surface area (Å²) in [6.07, 6.45) is 1.18. The SMILES string of the molecule is CCOC(=O)C=C(C)N(C(=O)N(CCCl)N=O)c1ccccc1. The van der Waals surface area contributed by atoms with Gasteiger partial charge < -0.3 is 4.74 Å². The van der Waals surface area contributed by atoms with Crippen LogP contribution in [0.1, 0.15) is 13.8 Å². The lowest BCUT2D eigenvalue weighted by molar-refractivity contribution is -0.137. The molecule has 0 spiro atoms. The lowest BCUT2D eigenvalue weighted by atomic mass is 10.2. The average Bonchev–Trinajstić information content (AvgIpc) is 2.53. The number of benzene rings is 1. The summed E-state index contributed by atoms with van der Waals surface area (Å²) in [5.74, 6) is -0.525. The van der Waals surface area contributed by atoms with Crippen LogP contribution in [0.25, 0.3) is 0 Å². The van der Waals surface area contributed by atoms with E-state index in [1.165, 1.54) is 11.0 Å². The Hall–Kier alpha value is -2.41. The van der Waals surface area contributed by atoms with Crippen molar-refractivity contribution in [1.82, 2.24) is 5.01 Å². The fourth-order valence-corrected chi connectivity index (χ4v) is 1.99. The minimum atomic E-state index is -0.704. The summed E-state index contributed by atoms with van der Waals surface area (Å²) in [6, 6.07) is 7.88. The number of ether oxygens (including phenoxy) is 1. The standard InChI is InChI=1S/C15H18ClN3O4/c1-3-23-14(20)11-12(2)19(13-7-5-4-6-8-13)15(21)18(17-22)10-9-16/h4-8,11H,3,9-10H2,1-2H3. The van der Waals surface area contributed by atoms with Gasteiger partial charge in [0.1, 0.15) is 0 Å². The first-order valence-corrected chi connectivity index (χ1v) is 7.49. The molecule has 0 atom stereocenters. The van der Waals surface area contributed by atoms with Crippen molar-refractivity contribution in [3.05, 3.63) is 47.0 Å². The summed E-state index contributed by atoms with van der Waals surface area (Å²) in [6.45, 7) is 3.42. The molecule has 0 aliphatic carbocycles. The Balaban J connectivity index is 3.19. The van der Waals surface area contributed by atoms with Crippen molar-refractivity contribution in [2.24, 2.45) is 5.29 Å². The monoisotopic (exact) mass is 339 g/mol. The Morgan fingerprint density at radius 1 is 1.30 bits per heavy atom. The summed E-state index contributed by atoms with van der Waals surface area (Å²) < 4.78 is 4.84. The number of hydrogen-bond acceptors (Lipinski definition) is 5. The Labute approximate surface area is 139 Å². The summed E-state index contributed by atoms with van der Waals surface area (Å²) in [7, 11) is 0. The number of esters is 1. The molecule has 0 saturated heterocycles. The number of urea groups is 1. The predicted octanol–water partition coefficient (Wildman–Crippen LogP) is 3.30. The number of halogens is 1. The third kappa shape index (κ3) is 5.37. The van der Waals surface area contributed by atoms with Crippen molar-refractivity contribution in [2.45, 2.75) is 13.8 Å². The second kappa shape index (κ2) is 9.58. The van der Waals surface area contributed by atoms with Gasteiger partial charge in [-0.25, -0.2) is 9.59 Å². The van der Waals surface area contributed by atoms with E-state index in [9.17, 15) is 14.5 Å². The van der Waals surface area contributed by atoms with Gasteiger partial charge in [-0.2, -0.15) is 5.01 Å². The van der Waals surface area contributed by atoms with E-state index < -0.39 is 12.0 Å². The first-order chi connectivity index (χ1) is 11.0. The second-order valence-corrected chi connectivity index (χ2v) is 4.76. The zero-order valence-electron chi connectivity index (χ0n) is 12.9. The van der Waals surface area contributed by atoms with Gasteiger partial charge in [0.05, 0.1) is 24.1 Å². The lowest BCUT2D eigenvalue weighted by Crippen LogP contribution is -2.40. The molecule has 0 aliphatic rings. The van der Waals surface area contributed by atoms with Crippen LogP contribution in [0.2, 0.25) is 0 Å². The number of nitroso groups, excluding NO2 is 1. The van der Waals surface area contributed by atoms with Crippen LogP contribution >= 0.6 is 11.6 Å². The number of carbonyl (C=O) groups is 2. The third-order valence-corrected chi connectivity index (χ3v) is 2.96. The Morgan fingerprint density at radius 3 is 2.48 bits per heavy atom. The van der Waals surface area contributed by atoms with Crippen molar-refractivity contribution >= 4 is 29.3 Å². The van der Waals surface area contributed by atoms with Gasteiger partial charge >= 0.3 is 12.0 Å². The van der Waals surface area contributed by atoms with E-state index in [0.717, 1.165) is 0 Å². The van der Waals surface area contributed by atoms with Crippen molar-refractivity contribution in [2.75, 3.05) is 23.9 Å². The zero-order valence-corrected chi connectivity index (χ0v) is 13.7. The topological polar surface area (TPSA) is 79.3 Å². The van der Waals surface area contributed by atoms with Crippen LogP contribution in [0.5, 0.6) is 0 Å². The van der Waals surface area contributed by atoms with Crippen molar-refractivity contribution in [3.63, 3.8) is 0 Å². The molecule has 1 aromatic rings. The molecule has 0 fully saturated rings. The van der Waals surface area contributed by atoms with E-state index in [2.05, 4.69) is 5.29 Å². The number of hydrogen-bond donors (Lipinski definition) is 0. The highest BCUT2D eigenvalue weighted by Crippen LogP contribution is 2.21. The first-order valence-electron chi connectivity index (χ1n) is 6.96. The number of rotatable bonds is 7. The van der Waals surface area contributed by atoms with Gasteiger partial charge in [0.25, 0.3) is 0 Å². The first kappa shape index (κ1) is 18.6. The molecule has 1 aromatic carbocycles. The molecule has 0 aliphatic heterocycles. The number of allylic oxidation sites excluding steroid dienone is 1. The molecule has 1 rings (SSSR count). The van der Waals surface area contributed by atoms with Gasteiger partial charge in [0, 0.05) is 17.7 Å². The Morgan fingerprint density at radius 2 is 1.96 bits per heavy atom. The number of amides is 2. The quantitative estimate of drug-likeness (QED) is 0.251. The molecule has 7 nitrogen and oxygen atoms in total. The molecule has 0 unspecified atom stereocenters. The van der Waals surface area contributed by atoms with Gasteiger partial charge in [0.2, 0.25) is 0 Å². The number of carbonyl (C=O) groups excluding carboxylic acids is 2. The Bertz CT molecular complexity index is 577. The molecular formula is C15H18ClN3O4. The van der Waals surface area contributed by atoms with E-state index in [0.29, 0.717) is 16.4 Å². The average molecular weight is 340 g/mol. The number of anilines is 1. The zero-order chi connectivity index (χ0) is 17.2. The number of para-hydroxylation sites is 1. The molecule has 0 aromatic heterocycles. The Kier molecular flexibility index (Phi) is 7.76. The molecule has 124 valence electrons. The van der Waals surface area contributed by atoms with Crippen LogP contribution in [-0.4, -0.2) is 36.0 Å². The van der Waals surface area contributed by atoms with Gasteiger partial charge in [-0.1, -0.05) is 18.2 Å². The van der Waals surface area contributed by atoms with Crippen LogP contribution in [0.4, 0.5) is 10.5 Å². The molecule has 0 saturated carbocycles. The van der Waals surface area contributed by atoms with Gasteiger partial charge in [0.15, 0.2) is 0 Å². The maximum atomic E-state index is 12.6. The van der Waals surface area contributed by atoms with Crippen LogP contribution < -0.4 is 4.90 Å². The maximum Gasteiger partial charge on any atom is 0.351 e. The minimum absolute atomic E-state index is 0.0418. The second-order valence-electron chi connectivity index (χ2n) is 4.39. The minimum Gasteiger partial charge on any atom is -0.463 e. The van der Waals surface area contributed by atoms with Crippen LogP contribution in [0.15, 0.2) is 47.4 Å². The summed E-state index contributed by atoms with van der Waals surface area (Å²) >= 11 is 5.57. The van der Waals surface area contributed by atoms with Gasteiger partial charge in [-0.15, -0.1) is 16.5 Å². The highest BCUT2D eigenvalue weighted by atomic mass is 35.5. The third-order valence-electron chi connectivity index (χ3n) is 2.79. The van der Waals surface area contributed by atoms with E-state index >= 15 is 0 Å². The smallest absolute Gasteiger partial charge is 0.351 e. The highest BCUT2D eigenvalue weighted by molar-refractivity contribution is 6.18. The van der Waals surface area contributed by atoms with E-state index in [1.54, 1.807) is 44.2 Å². The molecule has 23 heavy (non-hydrogen) atoms. The van der Waals surface area contributed by atoms with Crippen LogP contribution in [0, 0.1) is 4.91 Å². The van der Waals surface area contributed by atoms with Gasteiger partial charge in [-0.3, -0.25) is 4.90 Å². The highest BCUT2D eigenvalue weighted by Gasteiger charge is 2.25. The van der Waals surface area contributed by atoms with E-state index in [-0.39, 0.29) is 19.0 Å². The maximum absolute atomic E-state index is 12.6. The fourth-order valence-electron chi connectivity index (χ4n) is 1.83. The number of nitrogens with zero attached hydrogens (tertiary/aromatic N) is 3. The molecule has 0 N–H and O–H groups in total. The van der Waals surface area contributed by atoms with Crippen LogP contribution in [-0.2, 0) is 9.53 Å². The fraction of sp³-hybridized carbons (Fsp3) is 0.333. The lowest BCUT2D eigenvalue weighted by Gasteiger charge is -2.26. The van der Waals surface area contributed by atoms with Crippen LogP contribution in [0.3, 0.4) is 0 Å². The van der Waals surface area contributed by atoms with Gasteiger partial charge in [-0.05, 0) is 26.0 Å². The summed E-state index contributed by atoms with van der Waals surface area (Å²) in [4.78, 5) is 36.3. The molecule has 0 radical (unpaired) electrons. The normalized spacial score (nSPS) is 10.8. The van der Waals surface area contributed by atoms with Crippen molar-refractivity contribution < 1.29 is 14.3 Å². The van der Waals surface area contributed by atoms with Crippen molar-refractivity contribution in [1.29, 1.82) is 0 Å². The molecular weight excluding hydrogens is 322 g/mol. The van der Waals surface area contributed by atoms with E-state index in [4.69, 9.17) is 16.3 Å². The van der Waals surface area contributed by atoms with Crippen molar-refractivity contribution in [3.8, 4) is 0 Å². The molecule has 2 amide bonds.